The first kappa shape index (κ1) is 9.06. The van der Waals surface area contributed by atoms with E-state index in [9.17, 15) is 0 Å². The van der Waals surface area contributed by atoms with Gasteiger partial charge in [-0.2, -0.15) is 0 Å². The lowest BCUT2D eigenvalue weighted by Crippen LogP contribution is -2.22. The normalized spacial score (nSPS) is 30.2. The van der Waals surface area contributed by atoms with E-state index in [1.807, 2.05) is 13.0 Å². The Bertz CT molecular complexity index is 198. The number of aliphatic hydroxyl groups is 1. The largest absolute Gasteiger partial charge is 0.508 e. The Hall–Kier alpha value is -0.0300. The Balaban J connectivity index is 2.58. The maximum atomic E-state index is 9.03. The molecule has 0 aromatic carbocycles. The number of alkyl halides is 1. The lowest BCUT2D eigenvalue weighted by molar-refractivity contribution is 0.0832. The van der Waals surface area contributed by atoms with Crippen LogP contribution >= 0.6 is 22.6 Å². The minimum Gasteiger partial charge on any atom is -0.508 e. The summed E-state index contributed by atoms with van der Waals surface area (Å²) in [6.45, 7) is 2.66. The molecule has 0 saturated carbocycles. The van der Waals surface area contributed by atoms with Gasteiger partial charge in [-0.15, -0.1) is 0 Å². The third-order valence-electron chi connectivity index (χ3n) is 1.48. The summed E-state index contributed by atoms with van der Waals surface area (Å²) in [6, 6.07) is 0. The van der Waals surface area contributed by atoms with Crippen LogP contribution in [-0.2, 0) is 4.74 Å². The van der Waals surface area contributed by atoms with Crippen LogP contribution in [0, 0.1) is 0 Å². The van der Waals surface area contributed by atoms with Crippen LogP contribution < -0.4 is 0 Å². The molecule has 0 amide bonds. The van der Waals surface area contributed by atoms with Crippen molar-refractivity contribution in [1.82, 2.24) is 0 Å². The van der Waals surface area contributed by atoms with Gasteiger partial charge < -0.3 is 9.84 Å². The molecule has 1 aliphatic carbocycles. The van der Waals surface area contributed by atoms with E-state index >= 15 is 0 Å². The average Bonchev–Trinajstić information content (AvgIpc) is 1.97. The molecule has 0 heterocycles. The van der Waals surface area contributed by atoms with Crippen LogP contribution in [0.1, 0.15) is 13.3 Å². The van der Waals surface area contributed by atoms with Crippen molar-refractivity contribution in [2.45, 2.75) is 17.0 Å². The molecule has 11 heavy (non-hydrogen) atoms. The third kappa shape index (κ3) is 2.48. The summed E-state index contributed by atoms with van der Waals surface area (Å²) in [6.07, 6.45) is 6.06. The summed E-state index contributed by atoms with van der Waals surface area (Å²) in [5.41, 5.74) is 0. The molecular weight excluding hydrogens is 255 g/mol. The van der Waals surface area contributed by atoms with E-state index in [4.69, 9.17) is 9.84 Å². The summed E-state index contributed by atoms with van der Waals surface area (Å²) >= 11 is 2.24. The highest BCUT2D eigenvalue weighted by Gasteiger charge is 2.24. The van der Waals surface area contributed by atoms with E-state index in [1.54, 1.807) is 12.2 Å². The molecule has 0 bridgehead atoms. The van der Waals surface area contributed by atoms with Crippen LogP contribution in [0.2, 0.25) is 0 Å². The third-order valence-corrected chi connectivity index (χ3v) is 2.59. The fourth-order valence-electron chi connectivity index (χ4n) is 0.937. The predicted molar refractivity (Wildman–Crippen MR) is 52.8 cm³/mol. The second-order valence-corrected chi connectivity index (χ2v) is 4.21. The average molecular weight is 266 g/mol. The molecule has 0 aliphatic heterocycles. The van der Waals surface area contributed by atoms with E-state index in [1.165, 1.54) is 0 Å². The number of hydrogen-bond acceptors (Lipinski definition) is 2. The highest BCUT2D eigenvalue weighted by molar-refractivity contribution is 14.1. The molecule has 0 saturated heterocycles. The van der Waals surface area contributed by atoms with Crippen molar-refractivity contribution >= 4 is 22.6 Å². The van der Waals surface area contributed by atoms with Crippen molar-refractivity contribution in [3.8, 4) is 0 Å². The van der Waals surface area contributed by atoms with E-state index in [0.29, 0.717) is 12.4 Å². The molecule has 1 aliphatic rings. The number of hydrogen-bond donors (Lipinski definition) is 1. The number of aliphatic hydroxyl groups excluding tert-OH is 1. The van der Waals surface area contributed by atoms with Crippen molar-refractivity contribution in [3.05, 3.63) is 24.0 Å². The zero-order chi connectivity index (χ0) is 8.32. The van der Waals surface area contributed by atoms with Gasteiger partial charge in [0.15, 0.2) is 0 Å². The molecular formula is C8H11IO2. The Morgan fingerprint density at radius 3 is 3.00 bits per heavy atom. The van der Waals surface area contributed by atoms with Crippen molar-refractivity contribution in [2.24, 2.45) is 0 Å². The van der Waals surface area contributed by atoms with Crippen LogP contribution in [0.3, 0.4) is 0 Å². The molecule has 0 spiro atoms. The summed E-state index contributed by atoms with van der Waals surface area (Å²) in [7, 11) is 0. The molecule has 0 aromatic rings. The quantitative estimate of drug-likeness (QED) is 0.614. The molecule has 0 radical (unpaired) electrons. The first-order valence-electron chi connectivity index (χ1n) is 3.57. The number of halogens is 1. The highest BCUT2D eigenvalue weighted by atomic mass is 127. The van der Waals surface area contributed by atoms with Gasteiger partial charge in [-0.25, -0.2) is 0 Å². The summed E-state index contributed by atoms with van der Waals surface area (Å²) < 4.78 is 5.23. The second kappa shape index (κ2) is 3.58. The van der Waals surface area contributed by atoms with Gasteiger partial charge in [0.1, 0.15) is 9.37 Å². The minimum atomic E-state index is -0.237. The van der Waals surface area contributed by atoms with E-state index < -0.39 is 0 Å². The molecule has 1 rings (SSSR count). The van der Waals surface area contributed by atoms with E-state index in [-0.39, 0.29) is 3.61 Å². The lowest BCUT2D eigenvalue weighted by Gasteiger charge is -2.24. The van der Waals surface area contributed by atoms with Gasteiger partial charge in [0, 0.05) is 13.0 Å². The number of rotatable bonds is 2. The molecule has 0 fully saturated rings. The lowest BCUT2D eigenvalue weighted by atomic mass is 10.1. The fourth-order valence-corrected chi connectivity index (χ4v) is 1.65. The van der Waals surface area contributed by atoms with Crippen LogP contribution in [-0.4, -0.2) is 15.3 Å². The second-order valence-electron chi connectivity index (χ2n) is 2.39. The van der Waals surface area contributed by atoms with Gasteiger partial charge in [-0.1, -0.05) is 0 Å². The Labute approximate surface area is 80.1 Å². The topological polar surface area (TPSA) is 29.5 Å². The Kier molecular flexibility index (Phi) is 2.95. The van der Waals surface area contributed by atoms with Gasteiger partial charge in [0.05, 0.1) is 0 Å². The summed E-state index contributed by atoms with van der Waals surface area (Å²) in [5, 5.41) is 9.03. The minimum absolute atomic E-state index is 0.237. The van der Waals surface area contributed by atoms with Crippen molar-refractivity contribution in [3.63, 3.8) is 0 Å². The molecule has 0 aromatic heterocycles. The monoisotopic (exact) mass is 266 g/mol. The van der Waals surface area contributed by atoms with Crippen molar-refractivity contribution in [2.75, 3.05) is 6.61 Å². The number of allylic oxidation sites excluding steroid dienone is 1. The first-order chi connectivity index (χ1) is 5.16. The summed E-state index contributed by atoms with van der Waals surface area (Å²) in [4.78, 5) is 0. The van der Waals surface area contributed by atoms with Gasteiger partial charge >= 0.3 is 0 Å². The van der Waals surface area contributed by atoms with Crippen LogP contribution in [0.15, 0.2) is 24.0 Å². The first-order valence-corrected chi connectivity index (χ1v) is 4.65. The fraction of sp³-hybridized carbons (Fsp3) is 0.500. The molecule has 62 valence electrons. The molecule has 1 atom stereocenters. The Morgan fingerprint density at radius 2 is 2.55 bits per heavy atom. The maximum Gasteiger partial charge on any atom is 0.141 e. The van der Waals surface area contributed by atoms with Crippen LogP contribution in [0.5, 0.6) is 0 Å². The smallest absolute Gasteiger partial charge is 0.141 e. The van der Waals surface area contributed by atoms with Gasteiger partial charge in [0.2, 0.25) is 0 Å². The maximum absolute atomic E-state index is 9.03. The zero-order valence-electron chi connectivity index (χ0n) is 6.38. The van der Waals surface area contributed by atoms with E-state index in [0.717, 1.165) is 6.42 Å². The summed E-state index contributed by atoms with van der Waals surface area (Å²) in [5.74, 6) is 0.331. The standard InChI is InChI=1S/C8H11IO2/c1-2-11-8(9)5-3-7(10)4-6-8/h3-5,10H,2,6H2,1H3. The highest BCUT2D eigenvalue weighted by Crippen LogP contribution is 2.30. The van der Waals surface area contributed by atoms with Crippen molar-refractivity contribution in [1.29, 1.82) is 0 Å². The predicted octanol–water partition coefficient (Wildman–Crippen LogP) is 2.56. The van der Waals surface area contributed by atoms with Gasteiger partial charge in [0.25, 0.3) is 0 Å². The van der Waals surface area contributed by atoms with E-state index in [2.05, 4.69) is 22.6 Å². The SMILES string of the molecule is CCOC1(I)C=CC(O)=CC1. The number of ether oxygens (including phenoxy) is 1. The molecule has 1 N–H and O–H groups in total. The molecule has 3 heteroatoms. The van der Waals surface area contributed by atoms with Gasteiger partial charge in [-0.3, -0.25) is 0 Å². The zero-order valence-corrected chi connectivity index (χ0v) is 8.54. The van der Waals surface area contributed by atoms with Gasteiger partial charge in [-0.05, 0) is 47.7 Å². The molecule has 1 unspecified atom stereocenters. The Morgan fingerprint density at radius 1 is 1.82 bits per heavy atom. The van der Waals surface area contributed by atoms with Crippen LogP contribution in [0.4, 0.5) is 0 Å². The molecule has 2 nitrogen and oxygen atoms in total. The van der Waals surface area contributed by atoms with Crippen LogP contribution in [0.25, 0.3) is 0 Å². The van der Waals surface area contributed by atoms with Crippen molar-refractivity contribution < 1.29 is 9.84 Å².